The number of aryl methyl sites for hydroxylation is 1. The number of hydrogen-bond donors (Lipinski definition) is 2. The fourth-order valence-electron chi connectivity index (χ4n) is 6.06. The highest BCUT2D eigenvalue weighted by Gasteiger charge is 2.29. The first-order valence-corrected chi connectivity index (χ1v) is 13.2. The van der Waals surface area contributed by atoms with Crippen molar-refractivity contribution in [2.24, 2.45) is 5.92 Å². The molecule has 0 spiro atoms. The van der Waals surface area contributed by atoms with E-state index in [0.29, 0.717) is 17.5 Å². The van der Waals surface area contributed by atoms with E-state index in [0.717, 1.165) is 78.5 Å². The summed E-state index contributed by atoms with van der Waals surface area (Å²) in [7, 11) is 0. The molecule has 5 rings (SSSR count). The number of rotatable bonds is 7. The minimum Gasteiger partial charge on any atom is -0.395 e. The maximum Gasteiger partial charge on any atom is 0.163 e. The van der Waals surface area contributed by atoms with E-state index >= 15 is 0 Å². The molecule has 0 amide bonds. The number of nitrogens with one attached hydrogen (secondary N) is 1. The number of fused-ring (bicyclic) bond motifs is 1. The van der Waals surface area contributed by atoms with Crippen LogP contribution >= 0.6 is 0 Å². The summed E-state index contributed by atoms with van der Waals surface area (Å²) in [5, 5.41) is 14.3. The average Bonchev–Trinajstić information content (AvgIpc) is 3.31. The van der Waals surface area contributed by atoms with Crippen molar-refractivity contribution in [2.45, 2.75) is 64.5 Å². The lowest BCUT2D eigenvalue weighted by atomic mass is 9.85. The van der Waals surface area contributed by atoms with Gasteiger partial charge in [-0.15, -0.1) is 0 Å². The molecular formula is C30H36FN3O2. The third kappa shape index (κ3) is 5.30. The third-order valence-corrected chi connectivity index (χ3v) is 8.02. The van der Waals surface area contributed by atoms with Crippen molar-refractivity contribution in [3.8, 4) is 11.1 Å². The van der Waals surface area contributed by atoms with Crippen LogP contribution in [0.1, 0.15) is 61.4 Å². The van der Waals surface area contributed by atoms with Crippen molar-refractivity contribution in [3.05, 3.63) is 59.5 Å². The van der Waals surface area contributed by atoms with Crippen molar-refractivity contribution >= 4 is 22.4 Å². The van der Waals surface area contributed by atoms with Crippen LogP contribution in [0.5, 0.6) is 0 Å². The monoisotopic (exact) mass is 489 g/mol. The summed E-state index contributed by atoms with van der Waals surface area (Å²) in [5.41, 5.74) is 4.85. The number of halogens is 1. The average molecular weight is 490 g/mol. The number of Topliss-reactive ketones (excluding diaryl/α,β-unsaturated/α-hetero) is 1. The fourth-order valence-corrected chi connectivity index (χ4v) is 6.06. The Labute approximate surface area is 212 Å². The molecule has 3 aromatic rings. The molecule has 190 valence electrons. The summed E-state index contributed by atoms with van der Waals surface area (Å²) < 4.78 is 14.1. The summed E-state index contributed by atoms with van der Waals surface area (Å²) in [4.78, 5) is 19.6. The van der Waals surface area contributed by atoms with Crippen LogP contribution in [0, 0.1) is 18.7 Å². The first-order valence-electron chi connectivity index (χ1n) is 13.2. The Morgan fingerprint density at radius 1 is 1.11 bits per heavy atom. The maximum atomic E-state index is 14.1. The number of carbonyl (C=O) groups is 1. The number of hydrogen-bond acceptors (Lipinski definition) is 5. The minimum absolute atomic E-state index is 0.0170. The summed E-state index contributed by atoms with van der Waals surface area (Å²) in [6.07, 6.45) is 8.33. The van der Waals surface area contributed by atoms with Crippen molar-refractivity contribution < 1.29 is 14.3 Å². The van der Waals surface area contributed by atoms with E-state index in [1.165, 1.54) is 12.5 Å². The van der Waals surface area contributed by atoms with Gasteiger partial charge >= 0.3 is 0 Å². The topological polar surface area (TPSA) is 65.5 Å². The molecule has 1 aromatic heterocycles. The van der Waals surface area contributed by atoms with E-state index in [4.69, 9.17) is 0 Å². The second kappa shape index (κ2) is 10.7. The SMILES string of the molecule is CC(=O)c1cnc2ccc(-c3cc(C)cc(F)c3)cc2c1NC1CCC(CN2CCC[C@@H]2CO)CC1. The van der Waals surface area contributed by atoms with Crippen molar-refractivity contribution in [1.29, 1.82) is 0 Å². The Morgan fingerprint density at radius 3 is 2.64 bits per heavy atom. The van der Waals surface area contributed by atoms with E-state index in [1.54, 1.807) is 19.2 Å². The highest BCUT2D eigenvalue weighted by molar-refractivity contribution is 6.07. The van der Waals surface area contributed by atoms with Crippen LogP contribution in [0.2, 0.25) is 0 Å². The molecule has 1 saturated heterocycles. The summed E-state index contributed by atoms with van der Waals surface area (Å²) in [6, 6.07) is 11.6. The molecule has 0 radical (unpaired) electrons. The summed E-state index contributed by atoms with van der Waals surface area (Å²) in [5.74, 6) is 0.381. The number of aliphatic hydroxyl groups is 1. The van der Waals surface area contributed by atoms with Crippen LogP contribution in [-0.2, 0) is 0 Å². The molecule has 0 unspecified atom stereocenters. The van der Waals surface area contributed by atoms with Gasteiger partial charge in [-0.2, -0.15) is 0 Å². The Balaban J connectivity index is 1.38. The van der Waals surface area contributed by atoms with Crippen molar-refractivity contribution in [3.63, 3.8) is 0 Å². The Bertz CT molecular complexity index is 1230. The molecule has 36 heavy (non-hydrogen) atoms. The molecule has 2 heterocycles. The number of ketones is 1. The molecule has 5 nitrogen and oxygen atoms in total. The molecule has 1 aliphatic carbocycles. The molecule has 0 bridgehead atoms. The zero-order valence-corrected chi connectivity index (χ0v) is 21.3. The van der Waals surface area contributed by atoms with Gasteiger partial charge in [-0.25, -0.2) is 4.39 Å². The normalized spacial score (nSPS) is 22.7. The molecule has 2 aromatic carbocycles. The largest absolute Gasteiger partial charge is 0.395 e. The molecule has 6 heteroatoms. The minimum atomic E-state index is -0.255. The van der Waals surface area contributed by atoms with E-state index in [-0.39, 0.29) is 24.2 Å². The Kier molecular flexibility index (Phi) is 7.35. The lowest BCUT2D eigenvalue weighted by Crippen LogP contribution is -2.38. The molecular weight excluding hydrogens is 453 g/mol. The lowest BCUT2D eigenvalue weighted by molar-refractivity contribution is 0.101. The predicted molar refractivity (Wildman–Crippen MR) is 143 cm³/mol. The number of pyridine rings is 1. The molecule has 1 atom stereocenters. The number of carbonyl (C=O) groups excluding carboxylic acids is 1. The number of likely N-dealkylation sites (tertiary alicyclic amines) is 1. The van der Waals surface area contributed by atoms with E-state index in [9.17, 15) is 14.3 Å². The van der Waals surface area contributed by atoms with E-state index in [2.05, 4.69) is 15.2 Å². The number of nitrogens with zero attached hydrogens (tertiary/aromatic N) is 2. The smallest absolute Gasteiger partial charge is 0.163 e. The highest BCUT2D eigenvalue weighted by atomic mass is 19.1. The second-order valence-electron chi connectivity index (χ2n) is 10.7. The van der Waals surface area contributed by atoms with Crippen LogP contribution in [0.15, 0.2) is 42.6 Å². The van der Waals surface area contributed by atoms with Gasteiger partial charge in [0.2, 0.25) is 0 Å². The molecule has 1 saturated carbocycles. The Hall–Kier alpha value is -2.83. The zero-order valence-electron chi connectivity index (χ0n) is 21.3. The van der Waals surface area contributed by atoms with Crippen LogP contribution in [0.25, 0.3) is 22.0 Å². The van der Waals surface area contributed by atoms with Crippen LogP contribution < -0.4 is 5.32 Å². The Morgan fingerprint density at radius 2 is 1.92 bits per heavy atom. The summed E-state index contributed by atoms with van der Waals surface area (Å²) >= 11 is 0. The maximum absolute atomic E-state index is 14.1. The van der Waals surface area contributed by atoms with Crippen molar-refractivity contribution in [1.82, 2.24) is 9.88 Å². The molecule has 1 aliphatic heterocycles. The van der Waals surface area contributed by atoms with Crippen LogP contribution in [0.3, 0.4) is 0 Å². The van der Waals surface area contributed by atoms with E-state index in [1.807, 2.05) is 31.2 Å². The fraction of sp³-hybridized carbons (Fsp3) is 0.467. The van der Waals surface area contributed by atoms with Crippen LogP contribution in [-0.4, -0.2) is 52.6 Å². The molecule has 2 fully saturated rings. The van der Waals surface area contributed by atoms with Gasteiger partial charge in [-0.05, 0) is 106 Å². The van der Waals surface area contributed by atoms with Crippen LogP contribution in [0.4, 0.5) is 10.1 Å². The standard InChI is InChI=1S/C30H36FN3O2/c1-19-12-23(14-24(31)13-19)22-7-10-29-27(15-22)30(28(16-32-29)20(2)36)33-25-8-5-21(6-9-25)17-34-11-3-4-26(34)18-35/h7,10,12-16,21,25-26,35H,3-6,8-9,11,17-18H2,1-2H3,(H,32,33)/t21?,25?,26-/m1/s1. The van der Waals surface area contributed by atoms with Gasteiger partial charge in [-0.3, -0.25) is 14.7 Å². The van der Waals surface area contributed by atoms with Gasteiger partial charge in [0.15, 0.2) is 5.78 Å². The number of benzene rings is 2. The van der Waals surface area contributed by atoms with Gasteiger partial charge in [0.05, 0.1) is 23.4 Å². The first kappa shape index (κ1) is 24.8. The van der Waals surface area contributed by atoms with Gasteiger partial charge in [0, 0.05) is 30.2 Å². The second-order valence-corrected chi connectivity index (χ2v) is 10.7. The first-order chi connectivity index (χ1) is 17.4. The zero-order chi connectivity index (χ0) is 25.2. The third-order valence-electron chi connectivity index (χ3n) is 8.02. The summed E-state index contributed by atoms with van der Waals surface area (Å²) in [6.45, 7) is 5.90. The van der Waals surface area contributed by atoms with Gasteiger partial charge in [-0.1, -0.05) is 12.1 Å². The van der Waals surface area contributed by atoms with E-state index < -0.39 is 0 Å². The van der Waals surface area contributed by atoms with Gasteiger partial charge in [0.1, 0.15) is 5.82 Å². The van der Waals surface area contributed by atoms with Gasteiger partial charge in [0.25, 0.3) is 0 Å². The number of aromatic nitrogens is 1. The van der Waals surface area contributed by atoms with Crippen molar-refractivity contribution in [2.75, 3.05) is 25.0 Å². The predicted octanol–water partition coefficient (Wildman–Crippen LogP) is 5.98. The molecule has 2 aliphatic rings. The highest BCUT2D eigenvalue weighted by Crippen LogP contribution is 2.35. The quantitative estimate of drug-likeness (QED) is 0.400. The van der Waals surface area contributed by atoms with Gasteiger partial charge < -0.3 is 10.4 Å². The lowest BCUT2D eigenvalue weighted by Gasteiger charge is -2.34. The number of anilines is 1. The number of aliphatic hydroxyl groups excluding tert-OH is 1. The molecule has 2 N–H and O–H groups in total.